The molecule has 1 saturated heterocycles. The van der Waals surface area contributed by atoms with Crippen molar-refractivity contribution in [2.75, 3.05) is 13.2 Å². The molecule has 0 aromatic rings. The van der Waals surface area contributed by atoms with Crippen LogP contribution in [0.5, 0.6) is 0 Å². The van der Waals surface area contributed by atoms with E-state index >= 15 is 0 Å². The van der Waals surface area contributed by atoms with Crippen LogP contribution in [0.1, 0.15) is 323 Å². The minimum atomic E-state index is -1.61. The summed E-state index contributed by atoms with van der Waals surface area (Å²) in [4.78, 5) is 26.6. The molecule has 1 fully saturated rings. The van der Waals surface area contributed by atoms with Crippen LogP contribution in [-0.2, 0) is 23.8 Å². The third-order valence-corrected chi connectivity index (χ3v) is 16.2. The van der Waals surface area contributed by atoms with Crippen molar-refractivity contribution >= 4 is 11.9 Å². The fraction of sp³-hybridized carbons (Fsp3) is 0.857. The van der Waals surface area contributed by atoms with E-state index in [9.17, 15) is 35.1 Å². The second-order valence-electron chi connectivity index (χ2n) is 23.9. The van der Waals surface area contributed by atoms with E-state index in [1.54, 1.807) is 6.08 Å². The Morgan fingerprint density at radius 2 is 0.852 bits per heavy atom. The third-order valence-electron chi connectivity index (χ3n) is 16.2. The molecule has 1 amide bonds. The van der Waals surface area contributed by atoms with Crippen molar-refractivity contribution < 1.29 is 49.3 Å². The molecule has 1 aliphatic heterocycles. The van der Waals surface area contributed by atoms with Crippen molar-refractivity contribution in [3.63, 3.8) is 0 Å². The van der Waals surface area contributed by atoms with Crippen LogP contribution in [0.25, 0.3) is 0 Å². The molecule has 1 rings (SSSR count). The normalized spacial score (nSPS) is 18.9. The van der Waals surface area contributed by atoms with E-state index in [4.69, 9.17) is 14.2 Å². The first-order valence-electron chi connectivity index (χ1n) is 34.4. The zero-order valence-electron chi connectivity index (χ0n) is 52.7. The summed E-state index contributed by atoms with van der Waals surface area (Å²) in [7, 11) is 0. The zero-order valence-corrected chi connectivity index (χ0v) is 52.7. The summed E-state index contributed by atoms with van der Waals surface area (Å²) in [5.74, 6) is -1.18. The van der Waals surface area contributed by atoms with E-state index < -0.39 is 67.4 Å². The summed E-state index contributed by atoms with van der Waals surface area (Å²) >= 11 is 0. The van der Waals surface area contributed by atoms with Crippen LogP contribution in [0.4, 0.5) is 0 Å². The number of hydrogen-bond donors (Lipinski definition) is 6. The Bertz CT molecular complexity index is 1500. The number of aliphatic hydroxyl groups is 5. The molecule has 1 aliphatic rings. The van der Waals surface area contributed by atoms with Gasteiger partial charge in [0.05, 0.1) is 25.4 Å². The third kappa shape index (κ3) is 45.6. The molecule has 474 valence electrons. The fourth-order valence-corrected chi connectivity index (χ4v) is 10.8. The summed E-state index contributed by atoms with van der Waals surface area (Å²) in [6, 6.07) is -1.02. The van der Waals surface area contributed by atoms with Gasteiger partial charge in [0, 0.05) is 6.42 Å². The quantitative estimate of drug-likeness (QED) is 0.0195. The summed E-state index contributed by atoms with van der Waals surface area (Å²) in [5.41, 5.74) is 0. The van der Waals surface area contributed by atoms with Gasteiger partial charge < -0.3 is 45.1 Å². The average molecular weight is 1140 g/mol. The monoisotopic (exact) mass is 1140 g/mol. The standard InChI is InChI=1S/C70H129NO10/c1-4-7-10-13-16-19-22-24-26-28-29-30-31-32-33-34-36-37-39-42-45-48-51-54-57-63(74)69(78)71-61(62(73)56-53-50-47-44-41-21-18-15-12-9-6-3)60-79-70-68(67(77)66(76)64(59-72)80-70)81-65(75)58-55-52-49-46-43-40-38-35-27-25-23-20-17-14-11-8-5-2/h16,19,24,26,29-30,53,56,61-64,66-68,70,72-74,76-77H,4-15,17-18,20-23,25,27-28,31-52,54-55,57-60H2,1-3H3,(H,71,78)/b19-16-,26-24-,30-29-,56-53+. The molecule has 0 aromatic carbocycles. The van der Waals surface area contributed by atoms with E-state index in [1.165, 1.54) is 199 Å². The molecule has 0 aliphatic carbocycles. The maximum Gasteiger partial charge on any atom is 0.306 e. The van der Waals surface area contributed by atoms with E-state index in [1.807, 2.05) is 6.08 Å². The number of ether oxygens (including phenoxy) is 3. The topological polar surface area (TPSA) is 175 Å². The van der Waals surface area contributed by atoms with Gasteiger partial charge in [-0.15, -0.1) is 0 Å². The molecule has 0 saturated carbocycles. The van der Waals surface area contributed by atoms with E-state index in [0.29, 0.717) is 12.8 Å². The van der Waals surface area contributed by atoms with Crippen LogP contribution in [0, 0.1) is 0 Å². The van der Waals surface area contributed by atoms with Crippen LogP contribution in [0.3, 0.4) is 0 Å². The molecule has 8 unspecified atom stereocenters. The first-order valence-corrected chi connectivity index (χ1v) is 34.4. The lowest BCUT2D eigenvalue weighted by atomic mass is 9.99. The molecule has 6 N–H and O–H groups in total. The van der Waals surface area contributed by atoms with Gasteiger partial charge in [0.15, 0.2) is 12.4 Å². The zero-order chi connectivity index (χ0) is 58.9. The van der Waals surface area contributed by atoms with Crippen LogP contribution in [-0.4, -0.2) is 99.6 Å². The molecular formula is C70H129NO10. The minimum Gasteiger partial charge on any atom is -0.454 e. The van der Waals surface area contributed by atoms with Crippen LogP contribution >= 0.6 is 0 Å². The summed E-state index contributed by atoms with van der Waals surface area (Å²) in [6.45, 7) is 5.79. The highest BCUT2D eigenvalue weighted by atomic mass is 16.7. The molecule has 11 nitrogen and oxygen atoms in total. The lowest BCUT2D eigenvalue weighted by Crippen LogP contribution is -2.61. The predicted molar refractivity (Wildman–Crippen MR) is 338 cm³/mol. The van der Waals surface area contributed by atoms with Gasteiger partial charge in [-0.25, -0.2) is 0 Å². The van der Waals surface area contributed by atoms with Gasteiger partial charge in [-0.2, -0.15) is 0 Å². The molecule has 0 bridgehead atoms. The molecule has 0 aromatic heterocycles. The number of nitrogens with one attached hydrogen (secondary N) is 1. The Morgan fingerprint density at radius 3 is 1.30 bits per heavy atom. The fourth-order valence-electron chi connectivity index (χ4n) is 10.8. The number of carbonyl (C=O) groups excluding carboxylic acids is 2. The Kier molecular flexibility index (Phi) is 54.9. The van der Waals surface area contributed by atoms with Crippen molar-refractivity contribution in [2.45, 2.75) is 372 Å². The number of esters is 1. The molecule has 1 heterocycles. The maximum atomic E-state index is 13.5. The predicted octanol–water partition coefficient (Wildman–Crippen LogP) is 17.2. The largest absolute Gasteiger partial charge is 0.454 e. The first kappa shape index (κ1) is 76.6. The SMILES string of the molecule is CCCCC/C=C\C/C=C\C/C=C\CCCCCCCCCCCCCC(O)C(=O)NC(COC1OC(CO)C(O)C(O)C1OC(=O)CCCCCCCCCCCCCCCCCCC)C(O)/C=C/CCCCCCCCCCC. The smallest absolute Gasteiger partial charge is 0.306 e. The summed E-state index contributed by atoms with van der Waals surface area (Å²) in [5, 5.41) is 57.1. The first-order chi connectivity index (χ1) is 39.7. The number of amides is 1. The average Bonchev–Trinajstić information content (AvgIpc) is 3.50. The number of rotatable bonds is 59. The molecule has 8 atom stereocenters. The van der Waals surface area contributed by atoms with Crippen molar-refractivity contribution in [1.82, 2.24) is 5.32 Å². The van der Waals surface area contributed by atoms with Gasteiger partial charge in [0.1, 0.15) is 24.4 Å². The van der Waals surface area contributed by atoms with Gasteiger partial charge in [-0.3, -0.25) is 9.59 Å². The number of aliphatic hydroxyl groups excluding tert-OH is 5. The van der Waals surface area contributed by atoms with Gasteiger partial charge >= 0.3 is 5.97 Å². The minimum absolute atomic E-state index is 0.128. The van der Waals surface area contributed by atoms with E-state index in [2.05, 4.69) is 62.5 Å². The van der Waals surface area contributed by atoms with Crippen LogP contribution in [0.15, 0.2) is 48.6 Å². The number of carbonyl (C=O) groups is 2. The molecule has 0 spiro atoms. The lowest BCUT2D eigenvalue weighted by molar-refractivity contribution is -0.305. The van der Waals surface area contributed by atoms with E-state index in [-0.39, 0.29) is 19.4 Å². The second-order valence-corrected chi connectivity index (χ2v) is 23.9. The van der Waals surface area contributed by atoms with Gasteiger partial charge in [-0.1, -0.05) is 301 Å². The van der Waals surface area contributed by atoms with Crippen molar-refractivity contribution in [3.05, 3.63) is 48.6 Å². The number of allylic oxidation sites excluding steroid dienone is 7. The highest BCUT2D eigenvalue weighted by molar-refractivity contribution is 5.80. The Labute approximate surface area is 497 Å². The van der Waals surface area contributed by atoms with Gasteiger partial charge in [0.25, 0.3) is 0 Å². The number of unbranched alkanes of at least 4 members (excludes halogenated alkanes) is 39. The molecule has 11 heteroatoms. The van der Waals surface area contributed by atoms with Crippen molar-refractivity contribution in [1.29, 1.82) is 0 Å². The van der Waals surface area contributed by atoms with E-state index in [0.717, 1.165) is 77.0 Å². The number of hydrogen-bond acceptors (Lipinski definition) is 10. The highest BCUT2D eigenvalue weighted by Crippen LogP contribution is 2.26. The van der Waals surface area contributed by atoms with Crippen molar-refractivity contribution in [2.24, 2.45) is 0 Å². The lowest BCUT2D eigenvalue weighted by Gasteiger charge is -2.41. The van der Waals surface area contributed by atoms with Crippen molar-refractivity contribution in [3.8, 4) is 0 Å². The summed E-state index contributed by atoms with van der Waals surface area (Å²) < 4.78 is 17.7. The Hall–Kier alpha value is -2.38. The second kappa shape index (κ2) is 58.0. The molecule has 0 radical (unpaired) electrons. The van der Waals surface area contributed by atoms with Crippen LogP contribution in [0.2, 0.25) is 0 Å². The Balaban J connectivity index is 2.57. The van der Waals surface area contributed by atoms with Gasteiger partial charge in [-0.05, 0) is 64.2 Å². The molecule has 81 heavy (non-hydrogen) atoms. The highest BCUT2D eigenvalue weighted by Gasteiger charge is 2.47. The maximum absolute atomic E-state index is 13.5. The summed E-state index contributed by atoms with van der Waals surface area (Å²) in [6.07, 6.45) is 61.5. The molecular weight excluding hydrogens is 1010 g/mol. The Morgan fingerprint density at radius 1 is 0.481 bits per heavy atom. The van der Waals surface area contributed by atoms with Crippen LogP contribution < -0.4 is 5.32 Å². The van der Waals surface area contributed by atoms with Gasteiger partial charge in [0.2, 0.25) is 5.91 Å².